The summed E-state index contributed by atoms with van der Waals surface area (Å²) < 4.78 is 0. The third-order valence-electron chi connectivity index (χ3n) is 5.95. The number of aromatic hydroxyl groups is 1. The Morgan fingerprint density at radius 1 is 0.778 bits per heavy atom. The Bertz CT molecular complexity index is 662. The average Bonchev–Trinajstić information content (AvgIpc) is 2.67. The molecule has 0 saturated heterocycles. The topological polar surface area (TPSA) is 20.2 Å². The molecule has 0 saturated carbocycles. The maximum atomic E-state index is 10.9. The SMILES string of the molecule is CCCCCC(CCCCC)c1cccc(O)c1C(C)(C)c1ccccc1. The van der Waals surface area contributed by atoms with Crippen LogP contribution in [0.5, 0.6) is 5.75 Å². The summed E-state index contributed by atoms with van der Waals surface area (Å²) in [6.07, 6.45) is 10.1. The summed E-state index contributed by atoms with van der Waals surface area (Å²) in [5.41, 5.74) is 3.52. The smallest absolute Gasteiger partial charge is 0.119 e. The van der Waals surface area contributed by atoms with E-state index in [-0.39, 0.29) is 5.41 Å². The number of rotatable bonds is 11. The van der Waals surface area contributed by atoms with Gasteiger partial charge < -0.3 is 5.11 Å². The van der Waals surface area contributed by atoms with Crippen LogP contribution in [0.3, 0.4) is 0 Å². The van der Waals surface area contributed by atoms with Crippen LogP contribution in [0.15, 0.2) is 48.5 Å². The standard InChI is InChI=1S/C26H38O/c1-5-7-10-15-21(16-11-8-6-2)23-19-14-20-24(27)25(23)26(3,4)22-17-12-9-13-18-22/h9,12-14,17-21,27H,5-8,10-11,15-16H2,1-4H3. The molecule has 1 nitrogen and oxygen atoms in total. The lowest BCUT2D eigenvalue weighted by Gasteiger charge is -2.32. The van der Waals surface area contributed by atoms with Crippen LogP contribution in [-0.4, -0.2) is 5.11 Å². The second-order valence-corrected chi connectivity index (χ2v) is 8.42. The van der Waals surface area contributed by atoms with Crippen molar-refractivity contribution < 1.29 is 5.11 Å². The molecule has 0 aliphatic heterocycles. The van der Waals surface area contributed by atoms with Gasteiger partial charge in [0.2, 0.25) is 0 Å². The van der Waals surface area contributed by atoms with Crippen molar-refractivity contribution in [2.45, 2.75) is 90.4 Å². The van der Waals surface area contributed by atoms with Gasteiger partial charge in [0.05, 0.1) is 0 Å². The number of phenols is 1. The molecule has 0 heterocycles. The summed E-state index contributed by atoms with van der Waals surface area (Å²) in [6.45, 7) is 9.03. The molecule has 0 atom stereocenters. The van der Waals surface area contributed by atoms with Gasteiger partial charge in [-0.2, -0.15) is 0 Å². The normalized spacial score (nSPS) is 11.9. The Kier molecular flexibility index (Phi) is 8.41. The van der Waals surface area contributed by atoms with Gasteiger partial charge in [-0.15, -0.1) is 0 Å². The number of hydrogen-bond acceptors (Lipinski definition) is 1. The summed E-state index contributed by atoms with van der Waals surface area (Å²) in [4.78, 5) is 0. The first kappa shape index (κ1) is 21.5. The molecule has 0 spiro atoms. The van der Waals surface area contributed by atoms with Crippen LogP contribution < -0.4 is 0 Å². The van der Waals surface area contributed by atoms with E-state index in [1.807, 2.05) is 12.1 Å². The average molecular weight is 367 g/mol. The summed E-state index contributed by atoms with van der Waals surface area (Å²) >= 11 is 0. The van der Waals surface area contributed by atoms with Crippen molar-refractivity contribution in [1.29, 1.82) is 0 Å². The van der Waals surface area contributed by atoms with Crippen molar-refractivity contribution >= 4 is 0 Å². The molecule has 2 aromatic rings. The Balaban J connectivity index is 2.42. The number of phenolic OH excluding ortho intramolecular Hbond substituents is 1. The van der Waals surface area contributed by atoms with Crippen LogP contribution in [0, 0.1) is 0 Å². The van der Waals surface area contributed by atoms with Crippen LogP contribution in [0.25, 0.3) is 0 Å². The first-order valence-electron chi connectivity index (χ1n) is 10.9. The highest BCUT2D eigenvalue weighted by Crippen LogP contribution is 2.43. The largest absolute Gasteiger partial charge is 0.508 e. The van der Waals surface area contributed by atoms with Gasteiger partial charge in [-0.1, -0.05) is 109 Å². The Hall–Kier alpha value is -1.76. The van der Waals surface area contributed by atoms with Gasteiger partial charge in [-0.25, -0.2) is 0 Å². The van der Waals surface area contributed by atoms with E-state index >= 15 is 0 Å². The molecule has 0 unspecified atom stereocenters. The zero-order valence-electron chi connectivity index (χ0n) is 17.8. The molecule has 1 N–H and O–H groups in total. The maximum absolute atomic E-state index is 10.9. The molecule has 0 fully saturated rings. The zero-order chi connectivity index (χ0) is 19.7. The Morgan fingerprint density at radius 2 is 1.37 bits per heavy atom. The van der Waals surface area contributed by atoms with Crippen LogP contribution in [0.2, 0.25) is 0 Å². The van der Waals surface area contributed by atoms with Crippen molar-refractivity contribution in [1.82, 2.24) is 0 Å². The van der Waals surface area contributed by atoms with Crippen molar-refractivity contribution in [3.8, 4) is 5.75 Å². The van der Waals surface area contributed by atoms with Gasteiger partial charge in [-0.05, 0) is 36.0 Å². The van der Waals surface area contributed by atoms with E-state index in [2.05, 4.69) is 64.1 Å². The molecule has 0 radical (unpaired) electrons. The van der Waals surface area contributed by atoms with Crippen LogP contribution in [-0.2, 0) is 5.41 Å². The first-order chi connectivity index (χ1) is 13.0. The lowest BCUT2D eigenvalue weighted by Crippen LogP contribution is -2.22. The van der Waals surface area contributed by atoms with Gasteiger partial charge in [-0.3, -0.25) is 0 Å². The quantitative estimate of drug-likeness (QED) is 0.400. The molecule has 148 valence electrons. The molecule has 1 heteroatoms. The van der Waals surface area contributed by atoms with Gasteiger partial charge in [0.25, 0.3) is 0 Å². The van der Waals surface area contributed by atoms with Gasteiger partial charge in [0, 0.05) is 11.0 Å². The monoisotopic (exact) mass is 366 g/mol. The van der Waals surface area contributed by atoms with Gasteiger partial charge in [0.1, 0.15) is 5.75 Å². The zero-order valence-corrected chi connectivity index (χ0v) is 17.8. The molecular weight excluding hydrogens is 328 g/mol. The van der Waals surface area contributed by atoms with E-state index in [4.69, 9.17) is 0 Å². The Morgan fingerprint density at radius 3 is 1.93 bits per heavy atom. The third-order valence-corrected chi connectivity index (χ3v) is 5.95. The molecule has 27 heavy (non-hydrogen) atoms. The third kappa shape index (κ3) is 5.61. The predicted molar refractivity (Wildman–Crippen MR) is 118 cm³/mol. The van der Waals surface area contributed by atoms with E-state index < -0.39 is 0 Å². The van der Waals surface area contributed by atoms with Crippen molar-refractivity contribution in [3.63, 3.8) is 0 Å². The highest BCUT2D eigenvalue weighted by molar-refractivity contribution is 5.51. The maximum Gasteiger partial charge on any atom is 0.119 e. The lowest BCUT2D eigenvalue weighted by atomic mass is 9.72. The number of hydrogen-bond donors (Lipinski definition) is 1. The minimum absolute atomic E-state index is 0.213. The minimum Gasteiger partial charge on any atom is -0.508 e. The van der Waals surface area contributed by atoms with Crippen LogP contribution in [0.4, 0.5) is 0 Å². The molecule has 0 bridgehead atoms. The summed E-state index contributed by atoms with van der Waals surface area (Å²) in [5, 5.41) is 10.9. The van der Waals surface area contributed by atoms with Crippen molar-refractivity contribution in [3.05, 3.63) is 65.2 Å². The molecule has 0 aromatic heterocycles. The van der Waals surface area contributed by atoms with E-state index in [9.17, 15) is 5.11 Å². The molecular formula is C26H38O. The predicted octanol–water partition coefficient (Wildman–Crippen LogP) is 7.96. The molecule has 0 amide bonds. The second kappa shape index (κ2) is 10.5. The fourth-order valence-corrected chi connectivity index (χ4v) is 4.31. The summed E-state index contributed by atoms with van der Waals surface area (Å²) in [6, 6.07) is 16.8. The Labute approximate surface area is 166 Å². The van der Waals surface area contributed by atoms with Crippen LogP contribution >= 0.6 is 0 Å². The van der Waals surface area contributed by atoms with E-state index in [0.29, 0.717) is 11.7 Å². The summed E-state index contributed by atoms with van der Waals surface area (Å²) in [7, 11) is 0. The molecule has 2 aromatic carbocycles. The van der Waals surface area contributed by atoms with Crippen LogP contribution in [0.1, 0.15) is 102 Å². The van der Waals surface area contributed by atoms with Gasteiger partial charge >= 0.3 is 0 Å². The molecule has 2 rings (SSSR count). The number of unbranched alkanes of at least 4 members (excludes halogenated alkanes) is 4. The second-order valence-electron chi connectivity index (χ2n) is 8.42. The van der Waals surface area contributed by atoms with Crippen molar-refractivity contribution in [2.24, 2.45) is 0 Å². The minimum atomic E-state index is -0.213. The lowest BCUT2D eigenvalue weighted by molar-refractivity contribution is 0.441. The van der Waals surface area contributed by atoms with E-state index in [1.165, 1.54) is 62.5 Å². The molecule has 0 aliphatic rings. The first-order valence-corrected chi connectivity index (χ1v) is 10.9. The van der Waals surface area contributed by atoms with E-state index in [1.54, 1.807) is 0 Å². The van der Waals surface area contributed by atoms with Crippen molar-refractivity contribution in [2.75, 3.05) is 0 Å². The highest BCUT2D eigenvalue weighted by Gasteiger charge is 2.31. The van der Waals surface area contributed by atoms with E-state index in [0.717, 1.165) is 5.56 Å². The van der Waals surface area contributed by atoms with Gasteiger partial charge in [0.15, 0.2) is 0 Å². The number of benzene rings is 2. The fraction of sp³-hybridized carbons (Fsp3) is 0.538. The summed E-state index contributed by atoms with van der Waals surface area (Å²) in [5.74, 6) is 0.977. The molecule has 0 aliphatic carbocycles. The fourth-order valence-electron chi connectivity index (χ4n) is 4.31. The highest BCUT2D eigenvalue weighted by atomic mass is 16.3.